The van der Waals surface area contributed by atoms with E-state index in [0.29, 0.717) is 18.8 Å². The first-order valence-electron chi connectivity index (χ1n) is 12.6. The molecule has 37 heavy (non-hydrogen) atoms. The topological polar surface area (TPSA) is 88.8 Å². The van der Waals surface area contributed by atoms with Gasteiger partial charge in [0.1, 0.15) is 0 Å². The van der Waals surface area contributed by atoms with E-state index in [2.05, 4.69) is 84.3 Å². The highest BCUT2D eigenvalue weighted by molar-refractivity contribution is 7.13. The fourth-order valence-electron chi connectivity index (χ4n) is 4.41. The van der Waals surface area contributed by atoms with Crippen molar-refractivity contribution in [3.8, 4) is 11.3 Å². The van der Waals surface area contributed by atoms with Gasteiger partial charge in [0, 0.05) is 48.9 Å². The lowest BCUT2D eigenvalue weighted by Gasteiger charge is -2.22. The fourth-order valence-corrected chi connectivity index (χ4v) is 5.35. The third kappa shape index (κ3) is 5.78. The molecular formula is C28H33N7OS. The number of likely N-dealkylation sites (N-methyl/N-ethyl adjacent to an activating group) is 1. The maximum atomic E-state index is 12.8. The number of aryl methyl sites for hydroxylation is 2. The Balaban J connectivity index is 1.25. The average molecular weight is 516 g/mol. The standard InChI is InChI=1S/C28H33N7OS/c1-18-14-20(7-6-19(18)8-9-23(36)24-16-30-26(37-24)28(2,3)4)22-10-11-29-27(31-22)32-25-15-21-17-34(5)12-13-35(21)33-25/h6-7,10-11,14-16H,8-9,12-13,17H2,1-5H3,(H,29,31,32,33). The molecule has 4 heterocycles. The Morgan fingerprint density at radius 1 is 1.14 bits per heavy atom. The van der Waals surface area contributed by atoms with Gasteiger partial charge in [-0.15, -0.1) is 11.3 Å². The van der Waals surface area contributed by atoms with Crippen molar-refractivity contribution in [1.29, 1.82) is 0 Å². The first-order chi connectivity index (χ1) is 17.7. The molecular weight excluding hydrogens is 482 g/mol. The second-order valence-electron chi connectivity index (χ2n) is 10.7. The summed E-state index contributed by atoms with van der Waals surface area (Å²) in [7, 11) is 2.12. The van der Waals surface area contributed by atoms with Gasteiger partial charge in [0.25, 0.3) is 0 Å². The summed E-state index contributed by atoms with van der Waals surface area (Å²) >= 11 is 1.51. The molecule has 1 N–H and O–H groups in total. The highest BCUT2D eigenvalue weighted by Crippen LogP contribution is 2.28. The van der Waals surface area contributed by atoms with Gasteiger partial charge in [0.15, 0.2) is 11.6 Å². The summed E-state index contributed by atoms with van der Waals surface area (Å²) in [6, 6.07) is 10.3. The summed E-state index contributed by atoms with van der Waals surface area (Å²) in [4.78, 5) is 29.4. The second kappa shape index (κ2) is 10.1. The lowest BCUT2D eigenvalue weighted by atomic mass is 9.98. The van der Waals surface area contributed by atoms with Crippen molar-refractivity contribution in [3.05, 3.63) is 69.4 Å². The number of hydrogen-bond acceptors (Lipinski definition) is 8. The quantitative estimate of drug-likeness (QED) is 0.329. The molecule has 0 unspecified atom stereocenters. The predicted octanol–water partition coefficient (Wildman–Crippen LogP) is 5.41. The van der Waals surface area contributed by atoms with Crippen molar-refractivity contribution in [2.24, 2.45) is 0 Å². The molecule has 4 aromatic rings. The van der Waals surface area contributed by atoms with Crippen LogP contribution < -0.4 is 5.32 Å². The van der Waals surface area contributed by atoms with Gasteiger partial charge in [0.2, 0.25) is 5.95 Å². The van der Waals surface area contributed by atoms with Crippen LogP contribution in [0.25, 0.3) is 11.3 Å². The Kier molecular flexibility index (Phi) is 6.92. The Hall–Kier alpha value is -3.43. The van der Waals surface area contributed by atoms with Crippen LogP contribution in [-0.2, 0) is 24.9 Å². The summed E-state index contributed by atoms with van der Waals surface area (Å²) in [6.45, 7) is 11.2. The van der Waals surface area contributed by atoms with E-state index in [1.54, 1.807) is 12.4 Å². The average Bonchev–Trinajstić information content (AvgIpc) is 3.50. The van der Waals surface area contributed by atoms with Gasteiger partial charge in [-0.05, 0) is 43.7 Å². The molecule has 8 nitrogen and oxygen atoms in total. The van der Waals surface area contributed by atoms with Crippen LogP contribution in [-0.4, -0.2) is 49.0 Å². The van der Waals surface area contributed by atoms with Crippen LogP contribution in [0.3, 0.4) is 0 Å². The Bertz CT molecular complexity index is 1430. The molecule has 0 saturated heterocycles. The minimum atomic E-state index is -0.0406. The van der Waals surface area contributed by atoms with E-state index < -0.39 is 0 Å². The molecule has 1 aliphatic rings. The van der Waals surface area contributed by atoms with Crippen LogP contribution in [0.2, 0.25) is 0 Å². The molecule has 0 radical (unpaired) electrons. The molecule has 192 valence electrons. The van der Waals surface area contributed by atoms with Gasteiger partial charge in [-0.1, -0.05) is 32.9 Å². The number of aromatic nitrogens is 5. The van der Waals surface area contributed by atoms with Gasteiger partial charge < -0.3 is 5.32 Å². The third-order valence-electron chi connectivity index (χ3n) is 6.57. The van der Waals surface area contributed by atoms with Crippen molar-refractivity contribution in [2.75, 3.05) is 18.9 Å². The van der Waals surface area contributed by atoms with E-state index in [0.717, 1.165) is 52.2 Å². The van der Waals surface area contributed by atoms with Crippen LogP contribution in [0.5, 0.6) is 0 Å². The smallest absolute Gasteiger partial charge is 0.228 e. The summed E-state index contributed by atoms with van der Waals surface area (Å²) < 4.78 is 2.04. The number of rotatable bonds is 7. The van der Waals surface area contributed by atoms with E-state index in [-0.39, 0.29) is 11.2 Å². The first kappa shape index (κ1) is 25.2. The van der Waals surface area contributed by atoms with E-state index in [4.69, 9.17) is 4.98 Å². The number of benzene rings is 1. The number of anilines is 2. The highest BCUT2D eigenvalue weighted by atomic mass is 32.1. The zero-order chi connectivity index (χ0) is 26.2. The molecule has 0 bridgehead atoms. The van der Waals surface area contributed by atoms with Gasteiger partial charge in [-0.2, -0.15) is 5.10 Å². The molecule has 9 heteroatoms. The second-order valence-corrected chi connectivity index (χ2v) is 11.7. The fraction of sp³-hybridized carbons (Fsp3) is 0.393. The maximum Gasteiger partial charge on any atom is 0.228 e. The Morgan fingerprint density at radius 2 is 1.97 bits per heavy atom. The van der Waals surface area contributed by atoms with E-state index >= 15 is 0 Å². The molecule has 5 rings (SSSR count). The molecule has 3 aromatic heterocycles. The van der Waals surface area contributed by atoms with Crippen LogP contribution in [0.4, 0.5) is 11.8 Å². The van der Waals surface area contributed by atoms with Gasteiger partial charge >= 0.3 is 0 Å². The maximum absolute atomic E-state index is 12.8. The number of carbonyl (C=O) groups excluding carboxylic acids is 1. The zero-order valence-corrected chi connectivity index (χ0v) is 22.9. The molecule has 1 aliphatic heterocycles. The Morgan fingerprint density at radius 3 is 2.73 bits per heavy atom. The van der Waals surface area contributed by atoms with Crippen molar-refractivity contribution >= 4 is 28.9 Å². The van der Waals surface area contributed by atoms with Gasteiger partial charge in [0.05, 0.1) is 27.8 Å². The highest BCUT2D eigenvalue weighted by Gasteiger charge is 2.20. The number of thiazole rings is 1. The van der Waals surface area contributed by atoms with Crippen molar-refractivity contribution in [1.82, 2.24) is 29.6 Å². The first-order valence-corrected chi connectivity index (χ1v) is 13.4. The minimum absolute atomic E-state index is 0.0406. The molecule has 0 atom stereocenters. The number of hydrogen-bond donors (Lipinski definition) is 1. The number of nitrogens with one attached hydrogen (secondary N) is 1. The summed E-state index contributed by atoms with van der Waals surface area (Å²) in [5, 5.41) is 8.90. The SMILES string of the molecule is Cc1cc(-c2ccnc(Nc3cc4n(n3)CCN(C)C4)n2)ccc1CCC(=O)c1cnc(C(C)(C)C)s1. The summed E-state index contributed by atoms with van der Waals surface area (Å²) in [6.07, 6.45) is 4.65. The van der Waals surface area contributed by atoms with E-state index in [9.17, 15) is 4.79 Å². The largest absolute Gasteiger partial charge is 0.307 e. The molecule has 0 saturated carbocycles. The van der Waals surface area contributed by atoms with Crippen LogP contribution in [0.15, 0.2) is 42.7 Å². The van der Waals surface area contributed by atoms with Gasteiger partial charge in [-0.3, -0.25) is 14.4 Å². The number of ketones is 1. The predicted molar refractivity (Wildman–Crippen MR) is 148 cm³/mol. The van der Waals surface area contributed by atoms with Crippen molar-refractivity contribution in [3.63, 3.8) is 0 Å². The van der Waals surface area contributed by atoms with Crippen LogP contribution >= 0.6 is 11.3 Å². The molecule has 0 spiro atoms. The molecule has 1 aromatic carbocycles. The van der Waals surface area contributed by atoms with Crippen molar-refractivity contribution < 1.29 is 4.79 Å². The molecule has 0 fully saturated rings. The van der Waals surface area contributed by atoms with Gasteiger partial charge in [-0.25, -0.2) is 15.0 Å². The number of fused-ring (bicyclic) bond motifs is 1. The molecule has 0 amide bonds. The minimum Gasteiger partial charge on any atom is -0.307 e. The lowest BCUT2D eigenvalue weighted by Crippen LogP contribution is -2.30. The van der Waals surface area contributed by atoms with E-state index in [1.165, 1.54) is 22.6 Å². The Labute approximate surface area is 221 Å². The summed E-state index contributed by atoms with van der Waals surface area (Å²) in [5.41, 5.74) is 5.30. The third-order valence-corrected chi connectivity index (χ3v) is 8.03. The van der Waals surface area contributed by atoms with E-state index in [1.807, 2.05) is 10.7 Å². The molecule has 0 aliphatic carbocycles. The number of carbonyl (C=O) groups is 1. The number of nitrogens with zero attached hydrogens (tertiary/aromatic N) is 6. The van der Waals surface area contributed by atoms with Crippen LogP contribution in [0.1, 0.15) is 58.7 Å². The summed E-state index contributed by atoms with van der Waals surface area (Å²) in [5.74, 6) is 1.43. The normalized spacial score (nSPS) is 14.0. The number of Topliss-reactive ketones (excluding diaryl/α,β-unsaturated/α-hetero) is 1. The van der Waals surface area contributed by atoms with Crippen LogP contribution in [0, 0.1) is 6.92 Å². The monoisotopic (exact) mass is 515 g/mol. The lowest BCUT2D eigenvalue weighted by molar-refractivity contribution is 0.0986. The van der Waals surface area contributed by atoms with Crippen molar-refractivity contribution in [2.45, 2.75) is 59.0 Å². The zero-order valence-electron chi connectivity index (χ0n) is 22.1.